The molecule has 1 rings (SSSR count). The minimum absolute atomic E-state index is 0.336. The van der Waals surface area contributed by atoms with Crippen LogP contribution in [0.5, 0.6) is 5.75 Å². The van der Waals surface area contributed by atoms with E-state index in [4.69, 9.17) is 9.47 Å². The number of carbonyl (C=O) groups excluding carboxylic acids is 1. The van der Waals surface area contributed by atoms with Crippen molar-refractivity contribution < 1.29 is 14.3 Å². The fourth-order valence-corrected chi connectivity index (χ4v) is 2.12. The van der Waals surface area contributed by atoms with Gasteiger partial charge >= 0.3 is 5.97 Å². The molecular formula is C21H26O3. The van der Waals surface area contributed by atoms with Crippen LogP contribution >= 0.6 is 0 Å². The lowest BCUT2D eigenvalue weighted by atomic mass is 10.0. The van der Waals surface area contributed by atoms with Crippen LogP contribution in [0.2, 0.25) is 0 Å². The van der Waals surface area contributed by atoms with Gasteiger partial charge in [-0.1, -0.05) is 36.9 Å². The Labute approximate surface area is 145 Å². The van der Waals surface area contributed by atoms with Crippen LogP contribution in [0.3, 0.4) is 0 Å². The van der Waals surface area contributed by atoms with E-state index >= 15 is 0 Å². The number of hydrogen-bond donors (Lipinski definition) is 0. The molecule has 0 aliphatic carbocycles. The second-order valence-electron chi connectivity index (χ2n) is 6.48. The Kier molecular flexibility index (Phi) is 6.82. The van der Waals surface area contributed by atoms with E-state index in [1.807, 2.05) is 52.0 Å². The standard InChI is InChI=1S/C21H26O3/c1-8-10-17(18-12-9-11-15(2)19(18)23-7)14-13-16(3)20(22)24-21(4,5)6/h9-14H,1H2,2-7H3/b16-13+,17-14+. The molecule has 0 aromatic heterocycles. The second kappa shape index (κ2) is 8.37. The van der Waals surface area contributed by atoms with E-state index in [1.54, 1.807) is 26.2 Å². The lowest BCUT2D eigenvalue weighted by molar-refractivity contribution is -0.149. The number of aryl methyl sites for hydroxylation is 1. The van der Waals surface area contributed by atoms with Gasteiger partial charge in [0.05, 0.1) is 7.11 Å². The first-order valence-corrected chi connectivity index (χ1v) is 7.81. The zero-order chi connectivity index (χ0) is 18.3. The summed E-state index contributed by atoms with van der Waals surface area (Å²) < 4.78 is 10.9. The fraction of sp³-hybridized carbons (Fsp3) is 0.333. The molecule has 0 amide bonds. The number of ether oxygens (including phenoxy) is 2. The molecule has 24 heavy (non-hydrogen) atoms. The quantitative estimate of drug-likeness (QED) is 0.330. The Morgan fingerprint density at radius 1 is 1.25 bits per heavy atom. The van der Waals surface area contributed by atoms with Crippen LogP contribution in [0.4, 0.5) is 0 Å². The molecule has 0 heterocycles. The van der Waals surface area contributed by atoms with Crippen molar-refractivity contribution >= 4 is 11.5 Å². The van der Waals surface area contributed by atoms with Crippen LogP contribution in [0.1, 0.15) is 38.8 Å². The zero-order valence-electron chi connectivity index (χ0n) is 15.4. The molecule has 1 aromatic carbocycles. The average molecular weight is 326 g/mol. The molecule has 0 N–H and O–H groups in total. The Morgan fingerprint density at radius 3 is 2.46 bits per heavy atom. The highest BCUT2D eigenvalue weighted by Crippen LogP contribution is 2.30. The van der Waals surface area contributed by atoms with E-state index in [9.17, 15) is 4.79 Å². The number of esters is 1. The number of hydrogen-bond acceptors (Lipinski definition) is 3. The number of allylic oxidation sites excluding steroid dienone is 4. The largest absolute Gasteiger partial charge is 0.496 e. The summed E-state index contributed by atoms with van der Waals surface area (Å²) in [6, 6.07) is 5.91. The van der Waals surface area contributed by atoms with Gasteiger partial charge in [-0.15, -0.1) is 5.73 Å². The first-order valence-electron chi connectivity index (χ1n) is 7.81. The molecule has 0 bridgehead atoms. The minimum atomic E-state index is -0.514. The van der Waals surface area contributed by atoms with E-state index in [0.717, 1.165) is 22.4 Å². The highest BCUT2D eigenvalue weighted by molar-refractivity contribution is 5.89. The molecule has 0 aliphatic rings. The maximum Gasteiger partial charge on any atom is 0.334 e. The van der Waals surface area contributed by atoms with E-state index in [-0.39, 0.29) is 5.97 Å². The van der Waals surface area contributed by atoms with Gasteiger partial charge in [-0.25, -0.2) is 4.79 Å². The van der Waals surface area contributed by atoms with Crippen LogP contribution in [-0.4, -0.2) is 18.7 Å². The maximum absolute atomic E-state index is 12.1. The van der Waals surface area contributed by atoms with Crippen molar-refractivity contribution in [1.82, 2.24) is 0 Å². The van der Waals surface area contributed by atoms with Gasteiger partial charge in [0.25, 0.3) is 0 Å². The summed E-state index contributed by atoms with van der Waals surface area (Å²) >= 11 is 0. The fourth-order valence-electron chi connectivity index (χ4n) is 2.12. The Morgan fingerprint density at radius 2 is 1.92 bits per heavy atom. The zero-order valence-corrected chi connectivity index (χ0v) is 15.4. The number of methoxy groups -OCH3 is 1. The van der Waals surface area contributed by atoms with E-state index in [2.05, 4.69) is 12.3 Å². The molecule has 3 nitrogen and oxygen atoms in total. The predicted molar refractivity (Wildman–Crippen MR) is 99.0 cm³/mol. The van der Waals surface area contributed by atoms with Crippen molar-refractivity contribution in [1.29, 1.82) is 0 Å². The van der Waals surface area contributed by atoms with Gasteiger partial charge in [0.15, 0.2) is 0 Å². The van der Waals surface area contributed by atoms with E-state index < -0.39 is 5.60 Å². The summed E-state index contributed by atoms with van der Waals surface area (Å²) in [6.45, 7) is 12.9. The van der Waals surface area contributed by atoms with Gasteiger partial charge in [-0.2, -0.15) is 0 Å². The summed E-state index contributed by atoms with van der Waals surface area (Å²) in [5.41, 5.74) is 5.60. The third-order valence-electron chi connectivity index (χ3n) is 3.22. The number of benzene rings is 1. The molecule has 3 heteroatoms. The lowest BCUT2D eigenvalue weighted by Gasteiger charge is -2.19. The van der Waals surface area contributed by atoms with Crippen LogP contribution in [-0.2, 0) is 9.53 Å². The van der Waals surface area contributed by atoms with Gasteiger partial charge in [-0.3, -0.25) is 0 Å². The highest BCUT2D eigenvalue weighted by Gasteiger charge is 2.17. The monoisotopic (exact) mass is 326 g/mol. The minimum Gasteiger partial charge on any atom is -0.496 e. The molecule has 0 spiro atoms. The summed E-state index contributed by atoms with van der Waals surface area (Å²) in [7, 11) is 1.64. The predicted octanol–water partition coefficient (Wildman–Crippen LogP) is 5.02. The molecule has 0 unspecified atom stereocenters. The molecule has 0 radical (unpaired) electrons. The molecule has 0 atom stereocenters. The van der Waals surface area contributed by atoms with Crippen molar-refractivity contribution in [3.8, 4) is 5.75 Å². The molecular weight excluding hydrogens is 300 g/mol. The van der Waals surface area contributed by atoms with E-state index in [0.29, 0.717) is 5.57 Å². The molecule has 1 aromatic rings. The third kappa shape index (κ3) is 5.60. The number of carbonyl (C=O) groups is 1. The Balaban J connectivity index is 3.24. The maximum atomic E-state index is 12.1. The molecule has 0 saturated carbocycles. The van der Waals surface area contributed by atoms with Gasteiger partial charge in [0.2, 0.25) is 0 Å². The summed E-state index contributed by atoms with van der Waals surface area (Å²) in [4.78, 5) is 12.1. The van der Waals surface area contributed by atoms with Crippen molar-refractivity contribution in [3.63, 3.8) is 0 Å². The first kappa shape index (κ1) is 19.5. The summed E-state index contributed by atoms with van der Waals surface area (Å²) in [5, 5.41) is 0. The van der Waals surface area contributed by atoms with Crippen molar-refractivity contribution in [2.75, 3.05) is 7.11 Å². The van der Waals surface area contributed by atoms with E-state index in [1.165, 1.54) is 0 Å². The number of rotatable bonds is 5. The van der Waals surface area contributed by atoms with Crippen LogP contribution in [0, 0.1) is 6.92 Å². The lowest BCUT2D eigenvalue weighted by Crippen LogP contribution is -2.24. The van der Waals surface area contributed by atoms with Crippen LogP contribution in [0.25, 0.3) is 5.57 Å². The normalized spacial score (nSPS) is 12.4. The van der Waals surface area contributed by atoms with Gasteiger partial charge < -0.3 is 9.47 Å². The highest BCUT2D eigenvalue weighted by atomic mass is 16.6. The van der Waals surface area contributed by atoms with Crippen LogP contribution < -0.4 is 4.74 Å². The van der Waals surface area contributed by atoms with Gasteiger partial charge in [0, 0.05) is 11.1 Å². The Bertz CT molecular complexity index is 709. The van der Waals surface area contributed by atoms with Crippen LogP contribution in [0.15, 0.2) is 54.3 Å². The third-order valence-corrected chi connectivity index (χ3v) is 3.22. The number of para-hydroxylation sites is 1. The smallest absolute Gasteiger partial charge is 0.334 e. The summed E-state index contributed by atoms with van der Waals surface area (Å²) in [5.74, 6) is 0.454. The molecule has 0 aliphatic heterocycles. The SMILES string of the molecule is C=C=C/C(=C\C=C(/C)C(=O)OC(C)(C)C)c1cccc(C)c1OC. The van der Waals surface area contributed by atoms with Crippen molar-refractivity contribution in [2.45, 2.75) is 40.2 Å². The van der Waals surface area contributed by atoms with Crippen molar-refractivity contribution in [2.24, 2.45) is 0 Å². The van der Waals surface area contributed by atoms with Gasteiger partial charge in [-0.05, 0) is 51.8 Å². The molecule has 128 valence electrons. The van der Waals surface area contributed by atoms with Gasteiger partial charge in [0.1, 0.15) is 11.4 Å². The topological polar surface area (TPSA) is 35.5 Å². The Hall–Kier alpha value is -2.51. The summed E-state index contributed by atoms with van der Waals surface area (Å²) in [6.07, 6.45) is 5.34. The van der Waals surface area contributed by atoms with Crippen molar-refractivity contribution in [3.05, 3.63) is 65.4 Å². The second-order valence-corrected chi connectivity index (χ2v) is 6.48. The molecule has 0 saturated heterocycles. The molecule has 0 fully saturated rings. The first-order chi connectivity index (χ1) is 11.2. The average Bonchev–Trinajstić information content (AvgIpc) is 2.49.